The van der Waals surface area contributed by atoms with E-state index in [1.807, 2.05) is 60.7 Å². The van der Waals surface area contributed by atoms with Gasteiger partial charge in [0, 0.05) is 0 Å². The molecule has 21 heavy (non-hydrogen) atoms. The third-order valence-corrected chi connectivity index (χ3v) is 3.82. The van der Waals surface area contributed by atoms with Crippen molar-refractivity contribution < 1.29 is 9.53 Å². The molecule has 0 aromatic heterocycles. The van der Waals surface area contributed by atoms with E-state index < -0.39 is 17.3 Å². The van der Waals surface area contributed by atoms with Crippen molar-refractivity contribution in [2.24, 2.45) is 0 Å². The van der Waals surface area contributed by atoms with Crippen molar-refractivity contribution in [3.63, 3.8) is 0 Å². The summed E-state index contributed by atoms with van der Waals surface area (Å²) >= 11 is 0. The molecule has 0 radical (unpaired) electrons. The largest absolute Gasteiger partial charge is 0.468 e. The molecule has 0 aliphatic rings. The quantitative estimate of drug-likeness (QED) is 0.806. The fourth-order valence-electron chi connectivity index (χ4n) is 2.58. The molecule has 3 heteroatoms. The van der Waals surface area contributed by atoms with E-state index in [0.29, 0.717) is 0 Å². The lowest BCUT2D eigenvalue weighted by Crippen LogP contribution is -2.39. The van der Waals surface area contributed by atoms with Gasteiger partial charge in [-0.2, -0.15) is 5.26 Å². The van der Waals surface area contributed by atoms with E-state index in [4.69, 9.17) is 4.74 Å². The van der Waals surface area contributed by atoms with Crippen molar-refractivity contribution in [3.8, 4) is 6.07 Å². The van der Waals surface area contributed by atoms with Crippen LogP contribution in [0.15, 0.2) is 60.7 Å². The van der Waals surface area contributed by atoms with Crippen LogP contribution in [0.25, 0.3) is 0 Å². The lowest BCUT2D eigenvalue weighted by Gasteiger charge is -2.31. The predicted octanol–water partition coefficient (Wildman–Crippen LogP) is 3.42. The highest BCUT2D eigenvalue weighted by molar-refractivity contribution is 5.85. The van der Waals surface area contributed by atoms with Gasteiger partial charge >= 0.3 is 5.97 Å². The molecule has 0 aliphatic carbocycles. The Hall–Kier alpha value is -2.60. The van der Waals surface area contributed by atoms with Gasteiger partial charge in [-0.1, -0.05) is 60.7 Å². The van der Waals surface area contributed by atoms with Gasteiger partial charge in [-0.3, -0.25) is 4.79 Å². The average Bonchev–Trinajstić information content (AvgIpc) is 2.56. The summed E-state index contributed by atoms with van der Waals surface area (Å²) in [5, 5.41) is 9.66. The van der Waals surface area contributed by atoms with E-state index in [1.165, 1.54) is 7.11 Å². The van der Waals surface area contributed by atoms with E-state index in [-0.39, 0.29) is 0 Å². The second-order valence-corrected chi connectivity index (χ2v) is 5.03. The molecule has 0 N–H and O–H groups in total. The minimum absolute atomic E-state index is 0.413. The first-order valence-corrected chi connectivity index (χ1v) is 6.73. The first-order chi connectivity index (χ1) is 10.1. The molecule has 0 spiro atoms. The van der Waals surface area contributed by atoms with Crippen molar-refractivity contribution in [2.75, 3.05) is 7.11 Å². The molecule has 106 valence electrons. The second-order valence-electron chi connectivity index (χ2n) is 5.03. The Bertz CT molecular complexity index is 646. The monoisotopic (exact) mass is 279 g/mol. The van der Waals surface area contributed by atoms with E-state index in [9.17, 15) is 10.1 Å². The van der Waals surface area contributed by atoms with Crippen molar-refractivity contribution in [1.82, 2.24) is 0 Å². The number of benzene rings is 2. The summed E-state index contributed by atoms with van der Waals surface area (Å²) in [6.07, 6.45) is 0. The SMILES string of the molecule is COC(=O)[C@](C)(c1ccccc1)[C@H](C#N)c1ccccc1. The van der Waals surface area contributed by atoms with Crippen LogP contribution < -0.4 is 0 Å². The standard InChI is InChI=1S/C18H17NO2/c1-18(17(20)21-2,15-11-7-4-8-12-15)16(13-19)14-9-5-3-6-10-14/h3-12,16H,1-2H3/t16-,18-/m1/s1. The van der Waals surface area contributed by atoms with Crippen LogP contribution >= 0.6 is 0 Å². The van der Waals surface area contributed by atoms with Gasteiger partial charge in [0.1, 0.15) is 5.41 Å². The predicted molar refractivity (Wildman–Crippen MR) is 80.6 cm³/mol. The average molecular weight is 279 g/mol. The van der Waals surface area contributed by atoms with Crippen molar-refractivity contribution in [2.45, 2.75) is 18.3 Å². The molecule has 0 fully saturated rings. The van der Waals surface area contributed by atoms with Crippen LogP contribution in [0.5, 0.6) is 0 Å². The van der Waals surface area contributed by atoms with Gasteiger partial charge < -0.3 is 4.74 Å². The fraction of sp³-hybridized carbons (Fsp3) is 0.222. The van der Waals surface area contributed by atoms with E-state index in [2.05, 4.69) is 6.07 Å². The summed E-state index contributed by atoms with van der Waals surface area (Å²) in [6, 6.07) is 20.9. The van der Waals surface area contributed by atoms with Crippen LogP contribution in [0.4, 0.5) is 0 Å². The first kappa shape index (κ1) is 14.8. The summed E-state index contributed by atoms with van der Waals surface area (Å²) in [4.78, 5) is 12.4. The molecule has 0 saturated heterocycles. The lowest BCUT2D eigenvalue weighted by atomic mass is 9.69. The Morgan fingerprint density at radius 2 is 1.62 bits per heavy atom. The number of methoxy groups -OCH3 is 1. The Morgan fingerprint density at radius 1 is 1.10 bits per heavy atom. The minimum atomic E-state index is -1.05. The van der Waals surface area contributed by atoms with E-state index >= 15 is 0 Å². The Labute approximate surface area is 124 Å². The molecule has 0 saturated carbocycles. The molecular weight excluding hydrogens is 262 g/mol. The van der Waals surface area contributed by atoms with Gasteiger partial charge in [0.25, 0.3) is 0 Å². The van der Waals surface area contributed by atoms with Crippen LogP contribution in [0.3, 0.4) is 0 Å². The number of hydrogen-bond acceptors (Lipinski definition) is 3. The van der Waals surface area contributed by atoms with Crippen molar-refractivity contribution >= 4 is 5.97 Å². The summed E-state index contributed by atoms with van der Waals surface area (Å²) < 4.78 is 4.98. The number of nitriles is 1. The number of ether oxygens (including phenoxy) is 1. The Morgan fingerprint density at radius 3 is 2.10 bits per heavy atom. The molecule has 0 amide bonds. The third kappa shape index (κ3) is 2.66. The fourth-order valence-corrected chi connectivity index (χ4v) is 2.58. The van der Waals surface area contributed by atoms with E-state index in [1.54, 1.807) is 6.92 Å². The molecule has 0 aliphatic heterocycles. The smallest absolute Gasteiger partial charge is 0.317 e. The lowest BCUT2D eigenvalue weighted by molar-refractivity contribution is -0.147. The van der Waals surface area contributed by atoms with Gasteiger partial charge in [-0.05, 0) is 18.1 Å². The van der Waals surface area contributed by atoms with Gasteiger partial charge in [-0.25, -0.2) is 0 Å². The molecule has 2 aromatic carbocycles. The van der Waals surface area contributed by atoms with Crippen LogP contribution in [0.1, 0.15) is 24.0 Å². The van der Waals surface area contributed by atoms with Gasteiger partial charge in [0.05, 0.1) is 19.1 Å². The normalized spacial score (nSPS) is 14.5. The Kier molecular flexibility index (Phi) is 4.39. The first-order valence-electron chi connectivity index (χ1n) is 6.73. The van der Waals surface area contributed by atoms with Gasteiger partial charge in [0.2, 0.25) is 0 Å². The zero-order valence-corrected chi connectivity index (χ0v) is 12.1. The van der Waals surface area contributed by atoms with E-state index in [0.717, 1.165) is 11.1 Å². The molecule has 0 unspecified atom stereocenters. The van der Waals surface area contributed by atoms with Crippen LogP contribution in [-0.2, 0) is 14.9 Å². The minimum Gasteiger partial charge on any atom is -0.468 e. The third-order valence-electron chi connectivity index (χ3n) is 3.82. The van der Waals surface area contributed by atoms with Crippen LogP contribution in [-0.4, -0.2) is 13.1 Å². The zero-order chi connectivity index (χ0) is 15.3. The van der Waals surface area contributed by atoms with Crippen molar-refractivity contribution in [3.05, 3.63) is 71.8 Å². The van der Waals surface area contributed by atoms with Crippen LogP contribution in [0, 0.1) is 11.3 Å². The van der Waals surface area contributed by atoms with Crippen LogP contribution in [0.2, 0.25) is 0 Å². The van der Waals surface area contributed by atoms with Crippen molar-refractivity contribution in [1.29, 1.82) is 5.26 Å². The number of esters is 1. The zero-order valence-electron chi connectivity index (χ0n) is 12.1. The molecule has 2 aromatic rings. The summed E-state index contributed by atoms with van der Waals surface area (Å²) in [5.74, 6) is -1.03. The van der Waals surface area contributed by atoms with Gasteiger partial charge in [0.15, 0.2) is 0 Å². The highest BCUT2D eigenvalue weighted by atomic mass is 16.5. The number of hydrogen-bond donors (Lipinski definition) is 0. The topological polar surface area (TPSA) is 50.1 Å². The highest BCUT2D eigenvalue weighted by Gasteiger charge is 2.45. The number of carbonyl (C=O) groups is 1. The summed E-state index contributed by atoms with van der Waals surface area (Å²) in [6.45, 7) is 1.76. The maximum Gasteiger partial charge on any atom is 0.317 e. The highest BCUT2D eigenvalue weighted by Crippen LogP contribution is 2.39. The van der Waals surface area contributed by atoms with Gasteiger partial charge in [-0.15, -0.1) is 0 Å². The summed E-state index contributed by atoms with van der Waals surface area (Å²) in [7, 11) is 1.35. The second kappa shape index (κ2) is 6.23. The molecule has 2 atom stereocenters. The maximum atomic E-state index is 12.4. The number of nitrogens with zero attached hydrogens (tertiary/aromatic N) is 1. The molecule has 3 nitrogen and oxygen atoms in total. The molecule has 2 rings (SSSR count). The maximum absolute atomic E-state index is 12.4. The number of rotatable bonds is 4. The number of carbonyl (C=O) groups excluding carboxylic acids is 1. The molecule has 0 bridgehead atoms. The molecular formula is C18H17NO2. The molecule has 0 heterocycles. The summed E-state index contributed by atoms with van der Waals surface area (Å²) in [5.41, 5.74) is 0.524. The Balaban J connectivity index is 2.60.